The Hall–Kier alpha value is -8.40. The van der Waals surface area contributed by atoms with E-state index in [1.165, 1.54) is 22.3 Å². The molecule has 0 spiro atoms. The van der Waals surface area contributed by atoms with Crippen molar-refractivity contribution in [3.8, 4) is 66.8 Å². The number of benzene rings is 12. The molecule has 0 radical (unpaired) electrons. The van der Waals surface area contributed by atoms with Gasteiger partial charge < -0.3 is 0 Å². The number of rotatable bonds is 12. The van der Waals surface area contributed by atoms with Gasteiger partial charge in [0.25, 0.3) is 11.1 Å². The van der Waals surface area contributed by atoms with Crippen molar-refractivity contribution in [1.82, 2.24) is 4.57 Å². The largest absolute Gasteiger partial charge is 0.274 e. The lowest BCUT2D eigenvalue weighted by atomic mass is 9.79. The van der Waals surface area contributed by atoms with E-state index >= 15 is 9.59 Å². The van der Waals surface area contributed by atoms with Crippen LogP contribution in [0.3, 0.4) is 0 Å². The van der Waals surface area contributed by atoms with E-state index in [1.54, 1.807) is 4.57 Å². The monoisotopic (exact) mass is 913 g/mol. The Bertz CT molecular complexity index is 4200. The molecule has 0 amide bonds. The van der Waals surface area contributed by atoms with Crippen molar-refractivity contribution in [1.29, 1.82) is 0 Å². The summed E-state index contributed by atoms with van der Waals surface area (Å²) in [6.45, 7) is 4.81. The zero-order valence-corrected chi connectivity index (χ0v) is 40.0. The highest BCUT2D eigenvalue weighted by molar-refractivity contribution is 6.47. The van der Waals surface area contributed by atoms with Crippen LogP contribution in [0.1, 0.15) is 39.5 Å². The number of hydrogen-bond acceptors (Lipinski definition) is 2. The molecule has 340 valence electrons. The zero-order valence-electron chi connectivity index (χ0n) is 40.0. The normalized spacial score (nSPS) is 12.4. The van der Waals surface area contributed by atoms with Gasteiger partial charge in [-0.25, -0.2) is 0 Å². The molecule has 0 bridgehead atoms. The second kappa shape index (κ2) is 17.2. The van der Waals surface area contributed by atoms with Crippen LogP contribution in [0.4, 0.5) is 0 Å². The third-order valence-corrected chi connectivity index (χ3v) is 15.6. The van der Waals surface area contributed by atoms with E-state index in [9.17, 15) is 0 Å². The quantitative estimate of drug-likeness (QED) is 0.0905. The Kier molecular flexibility index (Phi) is 10.4. The Labute approximate surface area is 412 Å². The highest BCUT2D eigenvalue weighted by Crippen LogP contribution is 2.53. The van der Waals surface area contributed by atoms with Crippen LogP contribution in [0.5, 0.6) is 0 Å². The van der Waals surface area contributed by atoms with E-state index in [0.717, 1.165) is 124 Å². The lowest BCUT2D eigenvalue weighted by Crippen LogP contribution is -2.29. The molecule has 1 heterocycles. The van der Waals surface area contributed by atoms with Gasteiger partial charge in [0, 0.05) is 6.54 Å². The first-order valence-corrected chi connectivity index (χ1v) is 25.3. The van der Waals surface area contributed by atoms with E-state index in [1.807, 2.05) is 0 Å². The minimum absolute atomic E-state index is 0.173. The summed E-state index contributed by atoms with van der Waals surface area (Å²) in [4.78, 5) is 30.2. The Balaban J connectivity index is 1.15. The third-order valence-electron chi connectivity index (χ3n) is 15.6. The van der Waals surface area contributed by atoms with E-state index in [4.69, 9.17) is 0 Å². The molecular weight excluding hydrogens is 863 g/mol. The van der Waals surface area contributed by atoms with Crippen molar-refractivity contribution in [2.75, 3.05) is 0 Å². The van der Waals surface area contributed by atoms with Crippen molar-refractivity contribution < 1.29 is 0 Å². The van der Waals surface area contributed by atoms with Crippen LogP contribution in [0, 0.1) is 5.92 Å². The molecule has 13 aromatic rings. The van der Waals surface area contributed by atoms with Crippen LogP contribution in [-0.4, -0.2) is 4.57 Å². The highest BCUT2D eigenvalue weighted by atomic mass is 16.2. The van der Waals surface area contributed by atoms with Gasteiger partial charge in [0.15, 0.2) is 0 Å². The number of fused-ring (bicyclic) bond motifs is 4. The summed E-state index contributed by atoms with van der Waals surface area (Å²) in [5.74, 6) is 0.243. The van der Waals surface area contributed by atoms with Crippen molar-refractivity contribution >= 4 is 64.6 Å². The standard InChI is InChI=1S/C68H51NO2/c1-3-5-15-42(4-2)41-69-67(70)65-56-38-35-53-52(49-28-22-46(23-29-49)43-16-9-6-10-17-43)34-37-55-60(53)63(56)64-57(66(65)68(69)71)39-36-54-58(50-30-24-47(25-31-50)44-18-11-7-12-19-44)40-59(61(55)62(54)64)51-32-26-48(27-33-51)45-20-13-8-14-21-45/h6-14,16-40,42H,3-5,15,41H2,1-2H3. The summed E-state index contributed by atoms with van der Waals surface area (Å²) in [5, 5.41) is 11.6. The van der Waals surface area contributed by atoms with E-state index in [0.29, 0.717) is 17.3 Å². The lowest BCUT2D eigenvalue weighted by molar-refractivity contribution is 0.384. The topological polar surface area (TPSA) is 39.1 Å². The molecule has 3 heteroatoms. The van der Waals surface area contributed by atoms with Crippen molar-refractivity contribution in [2.24, 2.45) is 5.92 Å². The van der Waals surface area contributed by atoms with E-state index < -0.39 is 0 Å². The first-order chi connectivity index (χ1) is 35.0. The second-order valence-corrected chi connectivity index (χ2v) is 19.5. The molecule has 1 aromatic heterocycles. The van der Waals surface area contributed by atoms with Gasteiger partial charge in [0.05, 0.1) is 10.8 Å². The van der Waals surface area contributed by atoms with Crippen LogP contribution in [-0.2, 0) is 6.54 Å². The summed E-state index contributed by atoms with van der Waals surface area (Å²) in [6.07, 6.45) is 4.05. The maximum atomic E-state index is 15.2. The molecule has 3 nitrogen and oxygen atoms in total. The predicted molar refractivity (Wildman–Crippen MR) is 301 cm³/mol. The zero-order chi connectivity index (χ0) is 47.7. The summed E-state index contributed by atoms with van der Waals surface area (Å²) >= 11 is 0. The molecule has 0 aliphatic heterocycles. The smallest absolute Gasteiger partial charge is 0.262 e. The van der Waals surface area contributed by atoms with Gasteiger partial charge in [-0.15, -0.1) is 0 Å². The molecule has 12 aromatic carbocycles. The van der Waals surface area contributed by atoms with Crippen LogP contribution in [0.25, 0.3) is 131 Å². The fourth-order valence-electron chi connectivity index (χ4n) is 11.9. The first-order valence-electron chi connectivity index (χ1n) is 25.3. The van der Waals surface area contributed by atoms with E-state index in [-0.39, 0.29) is 17.0 Å². The van der Waals surface area contributed by atoms with Crippen LogP contribution in [0.15, 0.2) is 216 Å². The minimum atomic E-state index is -0.176. The van der Waals surface area contributed by atoms with Gasteiger partial charge in [-0.2, -0.15) is 0 Å². The predicted octanol–water partition coefficient (Wildman–Crippen LogP) is 17.7. The van der Waals surface area contributed by atoms with Gasteiger partial charge >= 0.3 is 0 Å². The third kappa shape index (κ3) is 6.86. The van der Waals surface area contributed by atoms with E-state index in [2.05, 4.69) is 220 Å². The fraction of sp³-hybridized carbons (Fsp3) is 0.118. The van der Waals surface area contributed by atoms with Gasteiger partial charge in [-0.3, -0.25) is 14.2 Å². The number of unbranched alkanes of at least 4 members (excludes halogenated alkanes) is 1. The summed E-state index contributed by atoms with van der Waals surface area (Å²) in [6, 6.07) is 74.2. The molecule has 1 atom stereocenters. The average Bonchev–Trinajstić information content (AvgIpc) is 3.69. The number of nitrogens with zero attached hydrogens (tertiary/aromatic N) is 1. The Morgan fingerprint density at radius 2 is 0.704 bits per heavy atom. The minimum Gasteiger partial charge on any atom is -0.274 e. The van der Waals surface area contributed by atoms with Gasteiger partial charge in [-0.1, -0.05) is 233 Å². The van der Waals surface area contributed by atoms with Gasteiger partial charge in [-0.05, 0) is 139 Å². The lowest BCUT2D eigenvalue weighted by Gasteiger charge is -2.23. The maximum Gasteiger partial charge on any atom is 0.262 e. The maximum absolute atomic E-state index is 15.2. The molecule has 1 unspecified atom stereocenters. The highest BCUT2D eigenvalue weighted by Gasteiger charge is 2.28. The van der Waals surface area contributed by atoms with Crippen molar-refractivity contribution in [2.45, 2.75) is 46.1 Å². The first kappa shape index (κ1) is 42.7. The molecule has 0 fully saturated rings. The molecule has 0 saturated carbocycles. The average molecular weight is 914 g/mol. The molecule has 71 heavy (non-hydrogen) atoms. The Morgan fingerprint density at radius 3 is 1.18 bits per heavy atom. The Morgan fingerprint density at radius 1 is 0.338 bits per heavy atom. The summed E-state index contributed by atoms with van der Waals surface area (Å²) in [5.41, 5.74) is 13.4. The fourth-order valence-corrected chi connectivity index (χ4v) is 11.9. The van der Waals surface area contributed by atoms with Gasteiger partial charge in [0.2, 0.25) is 0 Å². The van der Waals surface area contributed by atoms with Gasteiger partial charge in [0.1, 0.15) is 0 Å². The number of hydrogen-bond donors (Lipinski definition) is 0. The molecule has 0 N–H and O–H groups in total. The SMILES string of the molecule is CCCCC(CC)Cn1c(=O)c2c3ccc4c(-c5ccc(-c6ccccc6)cc5)ccc5c6c(-c7ccc(-c8ccccc8)cc7)cc(-c7ccc(-c8ccccc8)cc7)c7ccc(c2c1=O)c(c76)c3c45. The molecule has 13 rings (SSSR count). The molecule has 0 aliphatic carbocycles. The van der Waals surface area contributed by atoms with Crippen LogP contribution >= 0.6 is 0 Å². The van der Waals surface area contributed by atoms with Crippen molar-refractivity contribution in [3.63, 3.8) is 0 Å². The van der Waals surface area contributed by atoms with Crippen molar-refractivity contribution in [3.05, 3.63) is 227 Å². The number of aromatic nitrogens is 1. The molecule has 0 saturated heterocycles. The molecular formula is C68H51NO2. The second-order valence-electron chi connectivity index (χ2n) is 19.5. The van der Waals surface area contributed by atoms with Crippen LogP contribution < -0.4 is 11.1 Å². The van der Waals surface area contributed by atoms with Crippen LogP contribution in [0.2, 0.25) is 0 Å². The summed E-state index contributed by atoms with van der Waals surface area (Å²) < 4.78 is 1.58. The summed E-state index contributed by atoms with van der Waals surface area (Å²) in [7, 11) is 0. The molecule has 0 aliphatic rings.